The van der Waals surface area contributed by atoms with Crippen molar-refractivity contribution in [2.75, 3.05) is 13.7 Å². The topological polar surface area (TPSA) is 44.8 Å². The molecule has 1 unspecified atom stereocenters. The van der Waals surface area contributed by atoms with Crippen molar-refractivity contribution in [1.29, 1.82) is 0 Å². The fourth-order valence-electron chi connectivity index (χ4n) is 2.39. The monoisotopic (exact) mass is 276 g/mol. The van der Waals surface area contributed by atoms with Crippen molar-refractivity contribution >= 4 is 5.94 Å². The van der Waals surface area contributed by atoms with Crippen LogP contribution in [0.15, 0.2) is 24.3 Å². The minimum Gasteiger partial charge on any atom is -0.496 e. The molecule has 0 saturated carbocycles. The molecule has 0 radical (unpaired) electrons. The Morgan fingerprint density at radius 1 is 1.50 bits per heavy atom. The molecule has 1 aromatic rings. The molecule has 1 aliphatic rings. The van der Waals surface area contributed by atoms with Gasteiger partial charge in [0.15, 0.2) is 5.79 Å². The number of allylic oxidation sites excluding steroid dienone is 1. The third-order valence-corrected chi connectivity index (χ3v) is 3.28. The molecule has 1 atom stereocenters. The van der Waals surface area contributed by atoms with Gasteiger partial charge in [-0.15, -0.1) is 0 Å². The number of rotatable bonds is 5. The average molecular weight is 276 g/mol. The van der Waals surface area contributed by atoms with Crippen LogP contribution in [0.1, 0.15) is 25.0 Å². The molecule has 0 N–H and O–H groups in total. The van der Waals surface area contributed by atoms with E-state index in [1.165, 1.54) is 6.08 Å². The minimum absolute atomic E-state index is 0.0239. The van der Waals surface area contributed by atoms with E-state index >= 15 is 0 Å². The molecule has 4 heteroatoms. The Balaban J connectivity index is 2.14. The van der Waals surface area contributed by atoms with Crippen molar-refractivity contribution in [2.24, 2.45) is 0 Å². The highest BCUT2D eigenvalue weighted by Gasteiger charge is 2.33. The molecule has 1 heterocycles. The van der Waals surface area contributed by atoms with Crippen molar-refractivity contribution in [2.45, 2.75) is 38.6 Å². The maximum absolute atomic E-state index is 10.3. The van der Waals surface area contributed by atoms with Gasteiger partial charge in [0.1, 0.15) is 11.7 Å². The highest BCUT2D eigenvalue weighted by Crippen LogP contribution is 2.28. The zero-order valence-electron chi connectivity index (χ0n) is 12.1. The fraction of sp³-hybridized carbons (Fsp3) is 0.500. The van der Waals surface area contributed by atoms with Gasteiger partial charge in [0.25, 0.3) is 0 Å². The van der Waals surface area contributed by atoms with Gasteiger partial charge >= 0.3 is 0 Å². The van der Waals surface area contributed by atoms with E-state index in [0.29, 0.717) is 13.0 Å². The smallest absolute Gasteiger partial charge is 0.163 e. The lowest BCUT2D eigenvalue weighted by atomic mass is 10.0. The molecular formula is C16H20O4. The van der Waals surface area contributed by atoms with E-state index in [9.17, 15) is 4.79 Å². The second kappa shape index (κ2) is 6.23. The van der Waals surface area contributed by atoms with E-state index in [4.69, 9.17) is 14.2 Å². The summed E-state index contributed by atoms with van der Waals surface area (Å²) < 4.78 is 16.8. The number of benzene rings is 1. The van der Waals surface area contributed by atoms with Crippen LogP contribution in [0.5, 0.6) is 5.75 Å². The fourth-order valence-corrected chi connectivity index (χ4v) is 2.39. The number of hydrogen-bond donors (Lipinski definition) is 0. The largest absolute Gasteiger partial charge is 0.496 e. The first-order chi connectivity index (χ1) is 9.54. The van der Waals surface area contributed by atoms with Gasteiger partial charge in [-0.25, -0.2) is 4.79 Å². The first-order valence-electron chi connectivity index (χ1n) is 6.71. The highest BCUT2D eigenvalue weighted by molar-refractivity contribution is 5.47. The zero-order chi connectivity index (χ0) is 14.6. The highest BCUT2D eigenvalue weighted by atomic mass is 16.7. The Kier molecular flexibility index (Phi) is 4.61. The van der Waals surface area contributed by atoms with E-state index in [-0.39, 0.29) is 6.10 Å². The third-order valence-electron chi connectivity index (χ3n) is 3.28. The van der Waals surface area contributed by atoms with Gasteiger partial charge in [0, 0.05) is 18.9 Å². The predicted octanol–water partition coefficient (Wildman–Crippen LogP) is 2.32. The zero-order valence-corrected chi connectivity index (χ0v) is 12.1. The summed E-state index contributed by atoms with van der Waals surface area (Å²) in [5.41, 5.74) is 2.12. The number of ether oxygens (including phenoxy) is 3. The van der Waals surface area contributed by atoms with Crippen LogP contribution >= 0.6 is 0 Å². The van der Waals surface area contributed by atoms with Gasteiger partial charge in [-0.1, -0.05) is 12.1 Å². The first-order valence-corrected chi connectivity index (χ1v) is 6.71. The van der Waals surface area contributed by atoms with Crippen molar-refractivity contribution in [1.82, 2.24) is 0 Å². The van der Waals surface area contributed by atoms with Gasteiger partial charge in [-0.05, 0) is 31.0 Å². The second-order valence-electron chi connectivity index (χ2n) is 5.33. The molecule has 0 aromatic heterocycles. The summed E-state index contributed by atoms with van der Waals surface area (Å²) in [6.45, 7) is 4.40. The van der Waals surface area contributed by atoms with Crippen LogP contribution in [0.3, 0.4) is 0 Å². The molecule has 1 saturated heterocycles. The molecule has 1 aliphatic heterocycles. The lowest BCUT2D eigenvalue weighted by Crippen LogP contribution is -2.22. The van der Waals surface area contributed by atoms with Gasteiger partial charge in [0.05, 0.1) is 19.8 Å². The molecule has 0 spiro atoms. The van der Waals surface area contributed by atoms with Crippen LogP contribution in [0, 0.1) is 0 Å². The standard InChI is InChI=1S/C16H20O4/c1-16(2)19-11-14(20-16)10-13-9-12(5-4-8-17)6-7-15(13)18-3/h4,6-7,9,14H,5,10-11H2,1-3H3. The maximum Gasteiger partial charge on any atom is 0.163 e. The van der Waals surface area contributed by atoms with Crippen molar-refractivity contribution in [3.05, 3.63) is 35.4 Å². The Hall–Kier alpha value is -1.61. The van der Waals surface area contributed by atoms with Crippen molar-refractivity contribution in [3.63, 3.8) is 0 Å². The third kappa shape index (κ3) is 3.70. The molecule has 1 aromatic carbocycles. The summed E-state index contributed by atoms with van der Waals surface area (Å²) in [5.74, 6) is 2.11. The number of methoxy groups -OCH3 is 1. The Bertz CT molecular complexity index is 515. The molecular weight excluding hydrogens is 256 g/mol. The Labute approximate surface area is 119 Å². The summed E-state index contributed by atoms with van der Waals surface area (Å²) in [7, 11) is 1.65. The quantitative estimate of drug-likeness (QED) is 0.774. The van der Waals surface area contributed by atoms with Crippen LogP contribution in [0.25, 0.3) is 0 Å². The van der Waals surface area contributed by atoms with Crippen LogP contribution in [0.2, 0.25) is 0 Å². The van der Waals surface area contributed by atoms with Gasteiger partial charge in [-0.3, -0.25) is 0 Å². The summed E-state index contributed by atoms with van der Waals surface area (Å²) in [6, 6.07) is 5.91. The number of hydrogen-bond acceptors (Lipinski definition) is 4. The van der Waals surface area contributed by atoms with Crippen LogP contribution in [-0.2, 0) is 27.1 Å². The van der Waals surface area contributed by atoms with E-state index in [2.05, 4.69) is 0 Å². The molecule has 0 amide bonds. The van der Waals surface area contributed by atoms with Crippen LogP contribution in [-0.4, -0.2) is 31.5 Å². The lowest BCUT2D eigenvalue weighted by molar-refractivity contribution is -0.138. The van der Waals surface area contributed by atoms with Crippen LogP contribution in [0.4, 0.5) is 0 Å². The molecule has 4 nitrogen and oxygen atoms in total. The molecule has 2 rings (SSSR count). The summed E-state index contributed by atoms with van der Waals surface area (Å²) in [4.78, 5) is 10.3. The number of carbonyl (C=O) groups excluding carboxylic acids is 1. The summed E-state index contributed by atoms with van der Waals surface area (Å²) in [6.07, 6.45) is 2.80. The molecule has 0 aliphatic carbocycles. The van der Waals surface area contributed by atoms with Crippen LogP contribution < -0.4 is 4.74 Å². The van der Waals surface area contributed by atoms with E-state index in [0.717, 1.165) is 23.3 Å². The lowest BCUT2D eigenvalue weighted by Gasteiger charge is -2.18. The van der Waals surface area contributed by atoms with Crippen molar-refractivity contribution < 1.29 is 19.0 Å². The van der Waals surface area contributed by atoms with Gasteiger partial charge in [0.2, 0.25) is 0 Å². The molecule has 108 valence electrons. The summed E-state index contributed by atoms with van der Waals surface area (Å²) in [5, 5.41) is 0. The first kappa shape index (κ1) is 14.8. The van der Waals surface area contributed by atoms with Gasteiger partial charge < -0.3 is 14.2 Å². The Morgan fingerprint density at radius 2 is 2.30 bits per heavy atom. The summed E-state index contributed by atoms with van der Waals surface area (Å²) >= 11 is 0. The van der Waals surface area contributed by atoms with E-state index in [1.807, 2.05) is 32.0 Å². The van der Waals surface area contributed by atoms with E-state index in [1.54, 1.807) is 13.1 Å². The molecule has 0 bridgehead atoms. The minimum atomic E-state index is -0.518. The van der Waals surface area contributed by atoms with Gasteiger partial charge in [-0.2, -0.15) is 0 Å². The van der Waals surface area contributed by atoms with E-state index < -0.39 is 5.79 Å². The average Bonchev–Trinajstić information content (AvgIpc) is 2.76. The molecule has 20 heavy (non-hydrogen) atoms. The predicted molar refractivity (Wildman–Crippen MR) is 75.6 cm³/mol. The SMILES string of the molecule is COc1ccc(CC=C=O)cc1CC1COC(C)(C)O1. The van der Waals surface area contributed by atoms with Crippen molar-refractivity contribution in [3.8, 4) is 5.75 Å². The Morgan fingerprint density at radius 3 is 2.90 bits per heavy atom. The maximum atomic E-state index is 10.3. The molecule has 1 fully saturated rings. The second-order valence-corrected chi connectivity index (χ2v) is 5.33. The normalized spacial score (nSPS) is 20.4.